The lowest BCUT2D eigenvalue weighted by atomic mass is 9.68. The van der Waals surface area contributed by atoms with E-state index in [1.807, 2.05) is 44.2 Å². The molecule has 0 spiro atoms. The zero-order valence-corrected chi connectivity index (χ0v) is 34.2. The third kappa shape index (κ3) is 9.03. The van der Waals surface area contributed by atoms with Gasteiger partial charge in [0.2, 0.25) is 0 Å². The van der Waals surface area contributed by atoms with Gasteiger partial charge in [-0.15, -0.1) is 0 Å². The summed E-state index contributed by atoms with van der Waals surface area (Å²) in [5.41, 5.74) is -0.553. The Morgan fingerprint density at radius 1 is 0.982 bits per heavy atom. The maximum atomic E-state index is 14.7. The van der Waals surface area contributed by atoms with Crippen LogP contribution in [0.4, 0.5) is 0 Å². The van der Waals surface area contributed by atoms with E-state index in [4.69, 9.17) is 33.2 Å². The first kappa shape index (κ1) is 42.6. The average molecular weight is 774 g/mol. The molecule has 6 rings (SSSR count). The van der Waals surface area contributed by atoms with Crippen molar-refractivity contribution in [1.82, 2.24) is 4.90 Å². The van der Waals surface area contributed by atoms with E-state index < -0.39 is 42.0 Å². The summed E-state index contributed by atoms with van der Waals surface area (Å²) >= 11 is 0. The van der Waals surface area contributed by atoms with Crippen LogP contribution in [0.1, 0.15) is 85.5 Å². The topological polar surface area (TPSA) is 142 Å². The number of carbonyl (C=O) groups is 2. The minimum Gasteiger partial charge on any atom is -0.458 e. The van der Waals surface area contributed by atoms with Crippen molar-refractivity contribution in [2.75, 3.05) is 34.9 Å². The molecule has 3 aliphatic carbocycles. The molecule has 0 aromatic rings. The SMILES string of the molecule is CC/C=C/[C@H]1CCC[C@H](OC2CCC(N(C)C)C(C)O2)[C@@H](C)C(=O)C2=C[C@@H]3[C@@H](C=C[C@]4(O)C[C@@H](OC5OC(C)C(OC)C(OC)C5CO)C[C@@H]34)[C@@H]2CC(=O)O1. The molecule has 6 aliphatic rings. The first-order valence-electron chi connectivity index (χ1n) is 20.8. The first-order valence-corrected chi connectivity index (χ1v) is 20.8. The van der Waals surface area contributed by atoms with Gasteiger partial charge in [0.05, 0.1) is 55.1 Å². The van der Waals surface area contributed by atoms with Crippen molar-refractivity contribution in [1.29, 1.82) is 0 Å². The van der Waals surface area contributed by atoms with Crippen LogP contribution in [-0.4, -0.2) is 129 Å². The van der Waals surface area contributed by atoms with Gasteiger partial charge in [0.15, 0.2) is 18.4 Å². The van der Waals surface area contributed by atoms with Crippen molar-refractivity contribution in [3.05, 3.63) is 36.0 Å². The smallest absolute Gasteiger partial charge is 0.307 e. The maximum Gasteiger partial charge on any atom is 0.307 e. The molecule has 8 unspecified atom stereocenters. The number of likely N-dealkylation sites (N-methyl/N-ethyl adjacent to an activating group) is 1. The fraction of sp³-hybridized carbons (Fsp3) is 0.814. The number of aliphatic hydroxyl groups excluding tert-OH is 1. The zero-order valence-electron chi connectivity index (χ0n) is 34.2. The average Bonchev–Trinajstić information content (AvgIpc) is 3.68. The van der Waals surface area contributed by atoms with Crippen molar-refractivity contribution in [3.8, 4) is 0 Å². The molecule has 12 heteroatoms. The Balaban J connectivity index is 1.24. The largest absolute Gasteiger partial charge is 0.458 e. The van der Waals surface area contributed by atoms with Gasteiger partial charge in [0.1, 0.15) is 12.2 Å². The van der Waals surface area contributed by atoms with Gasteiger partial charge in [-0.2, -0.15) is 0 Å². The van der Waals surface area contributed by atoms with Crippen LogP contribution in [0.2, 0.25) is 0 Å². The molecular formula is C43H67NO11. The Morgan fingerprint density at radius 2 is 1.75 bits per heavy atom. The van der Waals surface area contributed by atoms with Crippen LogP contribution in [0.15, 0.2) is 36.0 Å². The second-order valence-corrected chi connectivity index (χ2v) is 17.2. The number of methoxy groups -OCH3 is 2. The highest BCUT2D eigenvalue weighted by atomic mass is 16.7. The van der Waals surface area contributed by atoms with Crippen molar-refractivity contribution in [3.63, 3.8) is 0 Å². The van der Waals surface area contributed by atoms with Crippen molar-refractivity contribution >= 4 is 11.8 Å². The molecule has 17 atom stereocenters. The van der Waals surface area contributed by atoms with Crippen LogP contribution in [0.5, 0.6) is 0 Å². The lowest BCUT2D eigenvalue weighted by Gasteiger charge is -2.44. The van der Waals surface area contributed by atoms with Crippen LogP contribution < -0.4 is 0 Å². The Bertz CT molecular complexity index is 1420. The molecule has 0 aromatic heterocycles. The molecule has 3 aliphatic heterocycles. The molecule has 3 saturated heterocycles. The summed E-state index contributed by atoms with van der Waals surface area (Å²) in [5.74, 6) is -2.30. The minimum absolute atomic E-state index is 0.00458. The first-order chi connectivity index (χ1) is 26.3. The van der Waals surface area contributed by atoms with Crippen molar-refractivity contribution in [2.45, 2.75) is 152 Å². The molecule has 4 fully saturated rings. The molecule has 1 saturated carbocycles. The molecule has 55 heavy (non-hydrogen) atoms. The molecule has 310 valence electrons. The Labute approximate surface area is 327 Å². The number of esters is 1. The molecule has 0 amide bonds. The van der Waals surface area contributed by atoms with Gasteiger partial charge in [0, 0.05) is 44.4 Å². The van der Waals surface area contributed by atoms with E-state index in [2.05, 4.69) is 32.8 Å². The molecule has 0 bridgehead atoms. The number of ether oxygens (including phenoxy) is 7. The number of nitrogens with zero attached hydrogens (tertiary/aromatic N) is 1. The minimum atomic E-state index is -1.17. The summed E-state index contributed by atoms with van der Waals surface area (Å²) in [6.45, 7) is 7.78. The highest BCUT2D eigenvalue weighted by Gasteiger charge is 2.57. The fourth-order valence-corrected chi connectivity index (χ4v) is 10.6. The second kappa shape index (κ2) is 18.3. The Morgan fingerprint density at radius 3 is 2.42 bits per heavy atom. The number of Topliss-reactive ketones (excluding diaryl/α,β-unsaturated/α-hetero) is 1. The highest BCUT2D eigenvalue weighted by Crippen LogP contribution is 2.56. The number of carbonyl (C=O) groups excluding carboxylic acids is 2. The lowest BCUT2D eigenvalue weighted by molar-refractivity contribution is -0.300. The molecule has 0 aromatic carbocycles. The van der Waals surface area contributed by atoms with Gasteiger partial charge in [-0.05, 0) is 96.4 Å². The Hall–Kier alpha value is -2.00. The van der Waals surface area contributed by atoms with E-state index in [-0.39, 0.29) is 79.2 Å². The quantitative estimate of drug-likeness (QED) is 0.234. The summed E-state index contributed by atoms with van der Waals surface area (Å²) in [5, 5.41) is 22.5. The van der Waals surface area contributed by atoms with Gasteiger partial charge in [-0.25, -0.2) is 0 Å². The molecule has 2 N–H and O–H groups in total. The van der Waals surface area contributed by atoms with Crippen molar-refractivity contribution < 1.29 is 53.0 Å². The number of allylic oxidation sites excluding steroid dienone is 4. The predicted molar refractivity (Wildman–Crippen MR) is 205 cm³/mol. The van der Waals surface area contributed by atoms with Gasteiger partial charge in [-0.3, -0.25) is 9.59 Å². The van der Waals surface area contributed by atoms with Crippen molar-refractivity contribution in [2.24, 2.45) is 35.5 Å². The van der Waals surface area contributed by atoms with Crippen LogP contribution in [0.25, 0.3) is 0 Å². The monoisotopic (exact) mass is 773 g/mol. The van der Waals surface area contributed by atoms with Crippen LogP contribution in [0.3, 0.4) is 0 Å². The van der Waals surface area contributed by atoms with E-state index in [0.29, 0.717) is 37.3 Å². The molecule has 12 nitrogen and oxygen atoms in total. The Kier molecular flexibility index (Phi) is 14.2. The highest BCUT2D eigenvalue weighted by molar-refractivity contribution is 5.99. The normalized spacial score (nSPS) is 45.4. The zero-order chi connectivity index (χ0) is 39.6. The number of fused-ring (bicyclic) bond motifs is 5. The second-order valence-electron chi connectivity index (χ2n) is 17.2. The van der Waals surface area contributed by atoms with E-state index >= 15 is 0 Å². The van der Waals surface area contributed by atoms with E-state index in [1.165, 1.54) is 0 Å². The maximum absolute atomic E-state index is 14.7. The standard InChI is InChI=1S/C43H67NO11/c1-9-10-12-27-13-11-14-36(55-38-16-15-35(44(5)6)25(3)51-38)24(2)39(47)32-20-31-29(30(32)21-37(46)53-27)17-18-43(48)22-28(19-34(31)43)54-42-33(23-45)41(50-8)40(49-7)26(4)52-42/h10,12,17-18,20,24-31,33-36,38,40-42,45,48H,9,11,13-16,19,21-23H2,1-8H3/b12-10+/t24-,25?,26?,27+,28+,29+,30+,31-,33?,34+,35?,36+,38?,40?,41?,42?,43+/m1/s1. The van der Waals surface area contributed by atoms with E-state index in [9.17, 15) is 19.8 Å². The predicted octanol–water partition coefficient (Wildman–Crippen LogP) is 4.75. The molecule has 0 radical (unpaired) electrons. The number of aliphatic hydroxyl groups is 2. The third-order valence-corrected chi connectivity index (χ3v) is 13.5. The third-order valence-electron chi connectivity index (χ3n) is 13.5. The molecule has 3 heterocycles. The van der Waals surface area contributed by atoms with Crippen LogP contribution in [-0.2, 0) is 42.7 Å². The number of rotatable bonds is 10. The fourth-order valence-electron chi connectivity index (χ4n) is 10.6. The summed E-state index contributed by atoms with van der Waals surface area (Å²) in [4.78, 5) is 30.6. The van der Waals surface area contributed by atoms with Gasteiger partial charge >= 0.3 is 5.97 Å². The lowest BCUT2D eigenvalue weighted by Crippen LogP contribution is -2.57. The van der Waals surface area contributed by atoms with Crippen LogP contribution in [0, 0.1) is 35.5 Å². The summed E-state index contributed by atoms with van der Waals surface area (Å²) < 4.78 is 43.4. The summed E-state index contributed by atoms with van der Waals surface area (Å²) in [7, 11) is 7.33. The number of hydrogen-bond acceptors (Lipinski definition) is 12. The van der Waals surface area contributed by atoms with Gasteiger partial charge in [0.25, 0.3) is 0 Å². The van der Waals surface area contributed by atoms with Gasteiger partial charge < -0.3 is 48.3 Å². The summed E-state index contributed by atoms with van der Waals surface area (Å²) in [6, 6.07) is 0.302. The number of hydrogen-bond donors (Lipinski definition) is 2. The summed E-state index contributed by atoms with van der Waals surface area (Å²) in [6.07, 6.45) is 12.0. The van der Waals surface area contributed by atoms with E-state index in [0.717, 1.165) is 25.7 Å². The van der Waals surface area contributed by atoms with E-state index in [1.54, 1.807) is 14.2 Å². The number of ketones is 1. The van der Waals surface area contributed by atoms with Gasteiger partial charge in [-0.1, -0.05) is 38.2 Å². The molecular weight excluding hydrogens is 706 g/mol. The number of cyclic esters (lactones) is 1. The van der Waals surface area contributed by atoms with Crippen LogP contribution >= 0.6 is 0 Å².